The lowest BCUT2D eigenvalue weighted by atomic mass is 9.82. The number of nitrogens with zero attached hydrogens (tertiary/aromatic N) is 1. The Balaban J connectivity index is 3.40. The highest BCUT2D eigenvalue weighted by Crippen LogP contribution is 2.32. The molecule has 0 fully saturated rings. The van der Waals surface area contributed by atoms with E-state index in [0.29, 0.717) is 17.5 Å². The van der Waals surface area contributed by atoms with Gasteiger partial charge in [-0.1, -0.05) is 27.7 Å². The smallest absolute Gasteiger partial charge is 0.450 e. The van der Waals surface area contributed by atoms with Gasteiger partial charge in [-0.25, -0.2) is 4.79 Å². The molecule has 1 aromatic carbocycles. The van der Waals surface area contributed by atoms with Crippen molar-refractivity contribution in [2.45, 2.75) is 46.1 Å². The second kappa shape index (κ2) is 5.90. The molecule has 0 heterocycles. The molecule has 0 saturated heterocycles. The zero-order valence-electron chi connectivity index (χ0n) is 12.1. The van der Waals surface area contributed by atoms with Gasteiger partial charge >= 0.3 is 6.16 Å². The van der Waals surface area contributed by atoms with E-state index < -0.39 is 11.1 Å². The van der Waals surface area contributed by atoms with Gasteiger partial charge in [-0.3, -0.25) is 10.1 Å². The van der Waals surface area contributed by atoms with Crippen LogP contribution in [0.2, 0.25) is 0 Å². The van der Waals surface area contributed by atoms with Gasteiger partial charge in [-0.2, -0.15) is 0 Å². The van der Waals surface area contributed by atoms with Crippen LogP contribution in [-0.4, -0.2) is 16.2 Å². The molecule has 0 unspecified atom stereocenters. The van der Waals surface area contributed by atoms with Crippen molar-refractivity contribution < 1.29 is 19.6 Å². The highest BCUT2D eigenvalue weighted by molar-refractivity contribution is 5.57. The van der Waals surface area contributed by atoms with Gasteiger partial charge in [0.1, 0.15) is 6.61 Å². The molecule has 0 spiro atoms. The first-order chi connectivity index (χ1) is 9.16. The third kappa shape index (κ3) is 3.69. The maximum atomic E-state index is 11.1. The van der Waals surface area contributed by atoms with E-state index in [0.717, 1.165) is 5.56 Å². The Morgan fingerprint density at radius 3 is 2.35 bits per heavy atom. The van der Waals surface area contributed by atoms with Gasteiger partial charge in [0.15, 0.2) is 0 Å². The minimum atomic E-state index is -1.40. The third-order valence-electron chi connectivity index (χ3n) is 3.04. The summed E-state index contributed by atoms with van der Waals surface area (Å²) in [5, 5.41) is 19.7. The van der Waals surface area contributed by atoms with E-state index in [2.05, 4.69) is 4.74 Å². The number of aryl methyl sites for hydroxylation is 1. The van der Waals surface area contributed by atoms with Crippen molar-refractivity contribution in [3.8, 4) is 0 Å². The highest BCUT2D eigenvalue weighted by atomic mass is 16.7. The van der Waals surface area contributed by atoms with Crippen LogP contribution in [0.4, 0.5) is 10.5 Å². The summed E-state index contributed by atoms with van der Waals surface area (Å²) in [7, 11) is 0. The predicted octanol–water partition coefficient (Wildman–Crippen LogP) is 3.65. The average molecular weight is 281 g/mol. The number of ether oxygens (including phenoxy) is 1. The van der Waals surface area contributed by atoms with Crippen LogP contribution in [-0.2, 0) is 23.2 Å². The molecule has 20 heavy (non-hydrogen) atoms. The Labute approximate surface area is 117 Å². The van der Waals surface area contributed by atoms with Crippen LogP contribution in [0.15, 0.2) is 12.1 Å². The van der Waals surface area contributed by atoms with Crippen molar-refractivity contribution in [1.29, 1.82) is 0 Å². The van der Waals surface area contributed by atoms with Gasteiger partial charge in [0, 0.05) is 17.2 Å². The van der Waals surface area contributed by atoms with E-state index in [4.69, 9.17) is 5.11 Å². The van der Waals surface area contributed by atoms with Crippen molar-refractivity contribution in [2.24, 2.45) is 0 Å². The number of hydrogen-bond donors (Lipinski definition) is 1. The van der Waals surface area contributed by atoms with E-state index in [-0.39, 0.29) is 17.7 Å². The summed E-state index contributed by atoms with van der Waals surface area (Å²) in [6.07, 6.45) is -0.855. The Kier molecular flexibility index (Phi) is 4.70. The van der Waals surface area contributed by atoms with Crippen LogP contribution in [0, 0.1) is 10.1 Å². The van der Waals surface area contributed by atoms with Crippen LogP contribution in [0.3, 0.4) is 0 Å². The molecule has 0 bridgehead atoms. The number of rotatable bonds is 4. The summed E-state index contributed by atoms with van der Waals surface area (Å²) in [6, 6.07) is 3.20. The predicted molar refractivity (Wildman–Crippen MR) is 74.0 cm³/mol. The summed E-state index contributed by atoms with van der Waals surface area (Å²) in [4.78, 5) is 21.2. The summed E-state index contributed by atoms with van der Waals surface area (Å²) in [5.74, 6) is 0. The van der Waals surface area contributed by atoms with Gasteiger partial charge < -0.3 is 9.84 Å². The van der Waals surface area contributed by atoms with Crippen LogP contribution >= 0.6 is 0 Å². The monoisotopic (exact) mass is 281 g/mol. The molecule has 1 aromatic rings. The maximum absolute atomic E-state index is 11.1. The van der Waals surface area contributed by atoms with Crippen molar-refractivity contribution in [1.82, 2.24) is 0 Å². The van der Waals surface area contributed by atoms with Gasteiger partial charge in [0.05, 0.1) is 4.92 Å². The Hall–Kier alpha value is -2.11. The fourth-order valence-corrected chi connectivity index (χ4v) is 2.09. The fraction of sp³-hybridized carbons (Fsp3) is 0.500. The molecule has 0 aliphatic rings. The SMILES string of the molecule is CCc1cc(C(C)(C)C)c(COC(=O)O)cc1[N+](=O)[O-]. The fourth-order valence-electron chi connectivity index (χ4n) is 2.09. The average Bonchev–Trinajstić information content (AvgIpc) is 2.33. The quantitative estimate of drug-likeness (QED) is 0.517. The van der Waals surface area contributed by atoms with Crippen molar-refractivity contribution in [3.63, 3.8) is 0 Å². The van der Waals surface area contributed by atoms with Crippen LogP contribution in [0.5, 0.6) is 0 Å². The number of hydrogen-bond acceptors (Lipinski definition) is 4. The number of nitro benzene ring substituents is 1. The zero-order valence-corrected chi connectivity index (χ0v) is 12.1. The highest BCUT2D eigenvalue weighted by Gasteiger charge is 2.24. The largest absolute Gasteiger partial charge is 0.506 e. The first-order valence-electron chi connectivity index (χ1n) is 6.33. The minimum Gasteiger partial charge on any atom is -0.450 e. The molecule has 6 nitrogen and oxygen atoms in total. The number of carbonyl (C=O) groups is 1. The van der Waals surface area contributed by atoms with E-state index in [1.165, 1.54) is 6.07 Å². The van der Waals surface area contributed by atoms with E-state index in [1.54, 1.807) is 6.07 Å². The zero-order chi connectivity index (χ0) is 15.5. The van der Waals surface area contributed by atoms with Crippen molar-refractivity contribution >= 4 is 11.8 Å². The third-order valence-corrected chi connectivity index (χ3v) is 3.04. The van der Waals surface area contributed by atoms with Gasteiger partial charge in [-0.15, -0.1) is 0 Å². The molecule has 0 atom stereocenters. The Bertz CT molecular complexity index is 531. The lowest BCUT2D eigenvalue weighted by molar-refractivity contribution is -0.385. The maximum Gasteiger partial charge on any atom is 0.506 e. The molecule has 0 radical (unpaired) electrons. The Morgan fingerprint density at radius 1 is 1.35 bits per heavy atom. The number of nitro groups is 1. The second-order valence-corrected chi connectivity index (χ2v) is 5.55. The van der Waals surface area contributed by atoms with Gasteiger partial charge in [0.2, 0.25) is 0 Å². The molecule has 0 amide bonds. The molecule has 110 valence electrons. The summed E-state index contributed by atoms with van der Waals surface area (Å²) in [5.41, 5.74) is 1.78. The van der Waals surface area contributed by atoms with Gasteiger partial charge in [0.25, 0.3) is 5.69 Å². The van der Waals surface area contributed by atoms with E-state index >= 15 is 0 Å². The number of benzene rings is 1. The number of carboxylic acid groups (broad SMARTS) is 1. The van der Waals surface area contributed by atoms with Crippen LogP contribution in [0.25, 0.3) is 0 Å². The Morgan fingerprint density at radius 2 is 1.95 bits per heavy atom. The molecular formula is C14H19NO5. The molecule has 0 aliphatic heterocycles. The van der Waals surface area contributed by atoms with Gasteiger partial charge in [-0.05, 0) is 23.5 Å². The van der Waals surface area contributed by atoms with E-state index in [9.17, 15) is 14.9 Å². The van der Waals surface area contributed by atoms with Crippen LogP contribution < -0.4 is 0 Å². The molecule has 1 N–H and O–H groups in total. The minimum absolute atomic E-state index is 0.00416. The summed E-state index contributed by atoms with van der Waals surface area (Å²) < 4.78 is 4.57. The molecular weight excluding hydrogens is 262 g/mol. The molecule has 1 rings (SSSR count). The summed E-state index contributed by atoms with van der Waals surface area (Å²) in [6.45, 7) is 7.57. The summed E-state index contributed by atoms with van der Waals surface area (Å²) >= 11 is 0. The first kappa shape index (κ1) is 15.9. The lowest BCUT2D eigenvalue weighted by Crippen LogP contribution is -2.17. The first-order valence-corrected chi connectivity index (χ1v) is 6.33. The standard InChI is InChI=1S/C14H19NO5/c1-5-9-6-11(14(2,3)4)10(8-20-13(16)17)7-12(9)15(18)19/h6-7H,5,8H2,1-4H3,(H,16,17). The van der Waals surface area contributed by atoms with Crippen LogP contribution in [0.1, 0.15) is 44.4 Å². The second-order valence-electron chi connectivity index (χ2n) is 5.55. The van der Waals surface area contributed by atoms with Crippen molar-refractivity contribution in [3.05, 3.63) is 38.9 Å². The van der Waals surface area contributed by atoms with Crippen molar-refractivity contribution in [2.75, 3.05) is 0 Å². The molecule has 0 aromatic heterocycles. The molecule has 6 heteroatoms. The normalized spacial score (nSPS) is 11.2. The molecule has 0 saturated carbocycles. The topological polar surface area (TPSA) is 89.7 Å². The molecule has 0 aliphatic carbocycles. The lowest BCUT2D eigenvalue weighted by Gasteiger charge is -2.23. The van der Waals surface area contributed by atoms with E-state index in [1.807, 2.05) is 27.7 Å².